The number of non-ortho nitro benzene ring substituents is 1. The largest absolute Gasteiger partial charge is 0.423 e. The molecule has 2 N–H and O–H groups in total. The van der Waals surface area contributed by atoms with Crippen molar-refractivity contribution in [3.8, 4) is 0 Å². The maximum Gasteiger partial charge on any atom is 0.296 e. The number of aromatic nitrogens is 1. The summed E-state index contributed by atoms with van der Waals surface area (Å²) in [5, 5.41) is 22.9. The second-order valence-electron chi connectivity index (χ2n) is 4.94. The fourth-order valence-corrected chi connectivity index (χ4v) is 1.91. The molecule has 0 amide bonds. The summed E-state index contributed by atoms with van der Waals surface area (Å²) in [6.45, 7) is 4.01. The first-order valence-corrected chi connectivity index (χ1v) is 6.41. The molecule has 0 saturated heterocycles. The van der Waals surface area contributed by atoms with Crippen molar-refractivity contribution in [2.75, 3.05) is 11.9 Å². The van der Waals surface area contributed by atoms with Gasteiger partial charge in [0.2, 0.25) is 0 Å². The van der Waals surface area contributed by atoms with Crippen LogP contribution in [0.4, 0.5) is 11.7 Å². The number of hydrogen-bond donors (Lipinski definition) is 2. The molecule has 0 fully saturated rings. The van der Waals surface area contributed by atoms with Crippen LogP contribution in [0.25, 0.3) is 11.1 Å². The number of nitro benzene ring substituents is 1. The van der Waals surface area contributed by atoms with E-state index >= 15 is 0 Å². The molecule has 1 atom stereocenters. The summed E-state index contributed by atoms with van der Waals surface area (Å²) in [6, 6.07) is 4.60. The van der Waals surface area contributed by atoms with Crippen molar-refractivity contribution < 1.29 is 14.4 Å². The molecular formula is C13H17N3O4. The van der Waals surface area contributed by atoms with Crippen LogP contribution < -0.4 is 5.32 Å². The molecule has 1 unspecified atom stereocenters. The third kappa shape index (κ3) is 2.88. The van der Waals surface area contributed by atoms with Gasteiger partial charge >= 0.3 is 0 Å². The number of oxazole rings is 1. The minimum Gasteiger partial charge on any atom is -0.423 e. The molecule has 1 heterocycles. The predicted octanol–water partition coefficient (Wildman–Crippen LogP) is 2.70. The van der Waals surface area contributed by atoms with Gasteiger partial charge in [-0.3, -0.25) is 10.1 Å². The lowest BCUT2D eigenvalue weighted by molar-refractivity contribution is -0.384. The molecule has 0 aliphatic carbocycles. The first-order chi connectivity index (χ1) is 9.47. The Kier molecular flexibility index (Phi) is 3.89. The van der Waals surface area contributed by atoms with E-state index in [1.807, 2.05) is 13.8 Å². The highest BCUT2D eigenvalue weighted by molar-refractivity contribution is 5.77. The van der Waals surface area contributed by atoms with Gasteiger partial charge in [-0.15, -0.1) is 0 Å². The standard InChI is InChI=1S/C13H17N3O4/c1-3-13(2,6-7-17)15-12-14-10-5-4-9(16(18)19)8-11(10)20-12/h4-5,8,17H,3,6-7H2,1-2H3,(H,14,15). The normalized spacial score (nSPS) is 14.2. The molecule has 0 aliphatic heterocycles. The fourth-order valence-electron chi connectivity index (χ4n) is 1.91. The monoisotopic (exact) mass is 279 g/mol. The molecule has 0 aliphatic rings. The third-order valence-electron chi connectivity index (χ3n) is 3.44. The van der Waals surface area contributed by atoms with Gasteiger partial charge in [0.05, 0.1) is 11.0 Å². The molecule has 1 aromatic heterocycles. The zero-order valence-corrected chi connectivity index (χ0v) is 11.4. The summed E-state index contributed by atoms with van der Waals surface area (Å²) in [7, 11) is 0. The van der Waals surface area contributed by atoms with Crippen molar-refractivity contribution in [2.45, 2.75) is 32.2 Å². The van der Waals surface area contributed by atoms with Crippen LogP contribution in [0, 0.1) is 10.1 Å². The number of aliphatic hydroxyl groups is 1. The Morgan fingerprint density at radius 3 is 2.90 bits per heavy atom. The second-order valence-corrected chi connectivity index (χ2v) is 4.94. The topological polar surface area (TPSA) is 101 Å². The first-order valence-electron chi connectivity index (χ1n) is 6.41. The van der Waals surface area contributed by atoms with Crippen molar-refractivity contribution in [1.82, 2.24) is 4.98 Å². The Hall–Kier alpha value is -2.15. The molecule has 2 rings (SSSR count). The molecule has 7 heteroatoms. The van der Waals surface area contributed by atoms with Crippen LogP contribution in [0.5, 0.6) is 0 Å². The molecule has 0 bridgehead atoms. The Bertz CT molecular complexity index is 625. The molecule has 0 saturated carbocycles. The Morgan fingerprint density at radius 2 is 2.30 bits per heavy atom. The Morgan fingerprint density at radius 1 is 1.55 bits per heavy atom. The molecule has 7 nitrogen and oxygen atoms in total. The van der Waals surface area contributed by atoms with Crippen LogP contribution in [0.3, 0.4) is 0 Å². The van der Waals surface area contributed by atoms with Gasteiger partial charge in [0.15, 0.2) is 5.58 Å². The molecule has 2 aromatic rings. The number of nitrogens with one attached hydrogen (secondary N) is 1. The van der Waals surface area contributed by atoms with E-state index in [0.29, 0.717) is 23.5 Å². The average molecular weight is 279 g/mol. The van der Waals surface area contributed by atoms with Crippen LogP contribution in [-0.4, -0.2) is 27.2 Å². The lowest BCUT2D eigenvalue weighted by atomic mass is 9.95. The molecule has 108 valence electrons. The number of fused-ring (bicyclic) bond motifs is 1. The van der Waals surface area contributed by atoms with Gasteiger partial charge in [0.25, 0.3) is 11.7 Å². The summed E-state index contributed by atoms with van der Waals surface area (Å²) in [4.78, 5) is 14.5. The molecular weight excluding hydrogens is 262 g/mol. The van der Waals surface area contributed by atoms with Crippen molar-refractivity contribution in [3.05, 3.63) is 28.3 Å². The fraction of sp³-hybridized carbons (Fsp3) is 0.462. The van der Waals surface area contributed by atoms with Crippen molar-refractivity contribution in [2.24, 2.45) is 0 Å². The summed E-state index contributed by atoms with van der Waals surface area (Å²) in [5.74, 6) is 0. The maximum absolute atomic E-state index is 10.7. The van der Waals surface area contributed by atoms with Gasteiger partial charge < -0.3 is 14.8 Å². The summed E-state index contributed by atoms with van der Waals surface area (Å²) in [6.07, 6.45) is 1.34. The van der Waals surface area contributed by atoms with Crippen LogP contribution in [-0.2, 0) is 0 Å². The van der Waals surface area contributed by atoms with E-state index in [0.717, 1.165) is 6.42 Å². The highest BCUT2D eigenvalue weighted by Gasteiger charge is 2.23. The van der Waals surface area contributed by atoms with Gasteiger partial charge in [-0.05, 0) is 25.8 Å². The summed E-state index contributed by atoms with van der Waals surface area (Å²) >= 11 is 0. The number of nitro groups is 1. The van der Waals surface area contributed by atoms with Crippen LogP contribution in [0.2, 0.25) is 0 Å². The van der Waals surface area contributed by atoms with Gasteiger partial charge in [0, 0.05) is 18.2 Å². The number of rotatable bonds is 6. The predicted molar refractivity (Wildman–Crippen MR) is 74.7 cm³/mol. The van der Waals surface area contributed by atoms with Crippen molar-refractivity contribution in [1.29, 1.82) is 0 Å². The zero-order chi connectivity index (χ0) is 14.8. The van der Waals surface area contributed by atoms with Gasteiger partial charge in [-0.2, -0.15) is 4.98 Å². The van der Waals surface area contributed by atoms with E-state index in [4.69, 9.17) is 9.52 Å². The van der Waals surface area contributed by atoms with Crippen LogP contribution in [0.15, 0.2) is 22.6 Å². The number of hydrogen-bond acceptors (Lipinski definition) is 6. The summed E-state index contributed by atoms with van der Waals surface area (Å²) < 4.78 is 5.49. The Labute approximate surface area is 115 Å². The molecule has 1 aromatic carbocycles. The third-order valence-corrected chi connectivity index (χ3v) is 3.44. The van der Waals surface area contributed by atoms with E-state index in [-0.39, 0.29) is 17.8 Å². The SMILES string of the molecule is CCC(C)(CCO)Nc1nc2ccc([N+](=O)[O-])cc2o1. The van der Waals surface area contributed by atoms with Crippen LogP contribution >= 0.6 is 0 Å². The second kappa shape index (κ2) is 5.46. The van der Waals surface area contributed by atoms with Crippen LogP contribution in [0.1, 0.15) is 26.7 Å². The molecule has 20 heavy (non-hydrogen) atoms. The van der Waals surface area contributed by atoms with Gasteiger partial charge in [-0.1, -0.05) is 6.92 Å². The number of anilines is 1. The smallest absolute Gasteiger partial charge is 0.296 e. The quantitative estimate of drug-likeness (QED) is 0.622. The maximum atomic E-state index is 10.7. The zero-order valence-electron chi connectivity index (χ0n) is 11.4. The highest BCUT2D eigenvalue weighted by Crippen LogP contribution is 2.27. The van der Waals surface area contributed by atoms with E-state index in [1.165, 1.54) is 12.1 Å². The highest BCUT2D eigenvalue weighted by atomic mass is 16.6. The van der Waals surface area contributed by atoms with E-state index < -0.39 is 4.92 Å². The lowest BCUT2D eigenvalue weighted by Gasteiger charge is -2.27. The number of nitrogens with zero attached hydrogens (tertiary/aromatic N) is 2. The van der Waals surface area contributed by atoms with Gasteiger partial charge in [-0.25, -0.2) is 0 Å². The average Bonchev–Trinajstić information content (AvgIpc) is 2.79. The minimum absolute atomic E-state index is 0.0335. The van der Waals surface area contributed by atoms with E-state index in [2.05, 4.69) is 10.3 Å². The lowest BCUT2D eigenvalue weighted by Crippen LogP contribution is -2.35. The van der Waals surface area contributed by atoms with Gasteiger partial charge in [0.1, 0.15) is 5.52 Å². The molecule has 0 radical (unpaired) electrons. The minimum atomic E-state index is -0.475. The first kappa shape index (κ1) is 14.3. The number of benzene rings is 1. The number of aliphatic hydroxyl groups excluding tert-OH is 1. The Balaban J connectivity index is 2.29. The van der Waals surface area contributed by atoms with Crippen molar-refractivity contribution >= 4 is 22.8 Å². The summed E-state index contributed by atoms with van der Waals surface area (Å²) in [5.41, 5.74) is 0.556. The molecule has 0 spiro atoms. The van der Waals surface area contributed by atoms with E-state index in [9.17, 15) is 10.1 Å². The van der Waals surface area contributed by atoms with E-state index in [1.54, 1.807) is 6.07 Å². The van der Waals surface area contributed by atoms with Crippen molar-refractivity contribution in [3.63, 3.8) is 0 Å².